The molecule has 2 fully saturated rings. The molecule has 1 amide bonds. The fourth-order valence-electron chi connectivity index (χ4n) is 3.88. The molecule has 1 atom stereocenters. The number of rotatable bonds is 6. The van der Waals surface area contributed by atoms with Crippen LogP contribution in [0.5, 0.6) is 0 Å². The van der Waals surface area contributed by atoms with Crippen LogP contribution in [0.2, 0.25) is 0 Å². The molecular weight excluding hydrogens is 364 g/mol. The number of nitrogens with zero attached hydrogens (tertiary/aromatic N) is 3. The third kappa shape index (κ3) is 4.79. The fraction of sp³-hybridized carbons (Fsp3) is 0.684. The fourth-order valence-corrected chi connectivity index (χ4v) is 5.56. The minimum atomic E-state index is -3.55. The lowest BCUT2D eigenvalue weighted by Gasteiger charge is -2.35. The molecule has 7 nitrogen and oxygen atoms in total. The molecule has 0 spiro atoms. The Labute approximate surface area is 162 Å². The van der Waals surface area contributed by atoms with Gasteiger partial charge in [0.25, 0.3) is 0 Å². The van der Waals surface area contributed by atoms with Crippen LogP contribution >= 0.6 is 0 Å². The molecule has 3 rings (SSSR count). The van der Waals surface area contributed by atoms with Gasteiger partial charge in [0.05, 0.1) is 0 Å². The molecular formula is C19H30N4O3S. The van der Waals surface area contributed by atoms with Crippen LogP contribution in [-0.4, -0.2) is 55.8 Å². The van der Waals surface area contributed by atoms with Crippen LogP contribution in [0.3, 0.4) is 0 Å². The summed E-state index contributed by atoms with van der Waals surface area (Å²) in [5.74, 6) is 0.573. The monoisotopic (exact) mass is 394 g/mol. The maximum absolute atomic E-state index is 13.2. The second kappa shape index (κ2) is 9.01. The second-order valence-electron chi connectivity index (χ2n) is 7.39. The number of carbonyl (C=O) groups is 1. The number of hydrogen-bond acceptors (Lipinski definition) is 5. The van der Waals surface area contributed by atoms with E-state index in [1.165, 1.54) is 0 Å². The van der Waals surface area contributed by atoms with Crippen molar-refractivity contribution in [3.05, 3.63) is 18.3 Å². The van der Waals surface area contributed by atoms with Gasteiger partial charge in [-0.1, -0.05) is 13.3 Å². The Morgan fingerprint density at radius 2 is 2.00 bits per heavy atom. The molecule has 27 heavy (non-hydrogen) atoms. The van der Waals surface area contributed by atoms with Crippen molar-refractivity contribution in [1.29, 1.82) is 0 Å². The Balaban J connectivity index is 1.79. The van der Waals surface area contributed by atoms with Gasteiger partial charge in [0.15, 0.2) is 0 Å². The lowest BCUT2D eigenvalue weighted by Crippen LogP contribution is -2.48. The Morgan fingerprint density at radius 3 is 2.74 bits per heavy atom. The first-order chi connectivity index (χ1) is 13.0. The lowest BCUT2D eigenvalue weighted by molar-refractivity contribution is -0.121. The highest BCUT2D eigenvalue weighted by atomic mass is 32.2. The van der Waals surface area contributed by atoms with E-state index in [9.17, 15) is 13.2 Å². The molecule has 0 aliphatic carbocycles. The highest BCUT2D eigenvalue weighted by Crippen LogP contribution is 2.29. The molecule has 2 aliphatic heterocycles. The van der Waals surface area contributed by atoms with Gasteiger partial charge >= 0.3 is 0 Å². The van der Waals surface area contributed by atoms with Crippen LogP contribution in [-0.2, 0) is 14.8 Å². The van der Waals surface area contributed by atoms with E-state index in [0.717, 1.165) is 45.1 Å². The topological polar surface area (TPSA) is 82.6 Å². The SMILES string of the molecule is CCCC(=O)NC1CCCN(c2ncccc2S(=O)(=O)N2CCCCC2)C1. The molecule has 1 aromatic heterocycles. The summed E-state index contributed by atoms with van der Waals surface area (Å²) < 4.78 is 28.0. The zero-order valence-electron chi connectivity index (χ0n) is 16.1. The van der Waals surface area contributed by atoms with Gasteiger partial charge < -0.3 is 10.2 Å². The van der Waals surface area contributed by atoms with Crippen LogP contribution < -0.4 is 10.2 Å². The zero-order valence-corrected chi connectivity index (χ0v) is 16.9. The van der Waals surface area contributed by atoms with E-state index in [0.29, 0.717) is 31.9 Å². The Kier molecular flexibility index (Phi) is 6.70. The van der Waals surface area contributed by atoms with Crippen molar-refractivity contribution in [2.75, 3.05) is 31.1 Å². The van der Waals surface area contributed by atoms with E-state index in [2.05, 4.69) is 10.3 Å². The van der Waals surface area contributed by atoms with Gasteiger partial charge in [-0.25, -0.2) is 13.4 Å². The number of sulfonamides is 1. The summed E-state index contributed by atoms with van der Waals surface area (Å²) in [4.78, 5) is 18.7. The summed E-state index contributed by atoms with van der Waals surface area (Å²) in [5.41, 5.74) is 0. The van der Waals surface area contributed by atoms with Crippen LogP contribution in [0.15, 0.2) is 23.2 Å². The van der Waals surface area contributed by atoms with E-state index in [4.69, 9.17) is 0 Å². The third-order valence-corrected chi connectivity index (χ3v) is 7.17. The number of pyridine rings is 1. The van der Waals surface area contributed by atoms with Crippen molar-refractivity contribution in [2.24, 2.45) is 0 Å². The summed E-state index contributed by atoms with van der Waals surface area (Å²) in [6, 6.07) is 3.38. The van der Waals surface area contributed by atoms with E-state index in [1.54, 1.807) is 22.6 Å². The molecule has 0 radical (unpaired) electrons. The van der Waals surface area contributed by atoms with Crippen LogP contribution in [0.4, 0.5) is 5.82 Å². The average molecular weight is 395 g/mol. The number of amides is 1. The standard InChI is InChI=1S/C19H30N4O3S/c1-2-8-18(24)21-16-9-7-12-22(15-16)19-17(10-6-11-20-19)27(25,26)23-13-4-3-5-14-23/h6,10-11,16H,2-5,7-9,12-15H2,1H3,(H,21,24). The first-order valence-electron chi connectivity index (χ1n) is 10.0. The lowest BCUT2D eigenvalue weighted by atomic mass is 10.1. The summed E-state index contributed by atoms with van der Waals surface area (Å²) in [6.45, 7) is 4.48. The average Bonchev–Trinajstić information content (AvgIpc) is 2.69. The number of nitrogens with one attached hydrogen (secondary N) is 1. The Hall–Kier alpha value is -1.67. The molecule has 0 aromatic carbocycles. The predicted octanol–water partition coefficient (Wildman–Crippen LogP) is 2.14. The first kappa shape index (κ1) is 20.1. The second-order valence-corrected chi connectivity index (χ2v) is 9.30. The molecule has 0 saturated carbocycles. The number of piperidine rings is 2. The van der Waals surface area contributed by atoms with E-state index in [1.807, 2.05) is 11.8 Å². The zero-order chi connectivity index (χ0) is 19.3. The predicted molar refractivity (Wildman–Crippen MR) is 105 cm³/mol. The number of anilines is 1. The smallest absolute Gasteiger partial charge is 0.246 e. The van der Waals surface area contributed by atoms with Crippen molar-refractivity contribution >= 4 is 21.7 Å². The molecule has 1 N–H and O–H groups in total. The van der Waals surface area contributed by atoms with E-state index in [-0.39, 0.29) is 16.8 Å². The molecule has 3 heterocycles. The van der Waals surface area contributed by atoms with Gasteiger partial charge in [0.2, 0.25) is 15.9 Å². The summed E-state index contributed by atoms with van der Waals surface area (Å²) in [5, 5.41) is 3.07. The van der Waals surface area contributed by atoms with Crippen molar-refractivity contribution in [2.45, 2.75) is 62.8 Å². The van der Waals surface area contributed by atoms with Gasteiger partial charge in [-0.3, -0.25) is 4.79 Å². The normalized spacial score (nSPS) is 21.8. The first-order valence-corrected chi connectivity index (χ1v) is 11.5. The summed E-state index contributed by atoms with van der Waals surface area (Å²) in [6.07, 6.45) is 7.69. The quantitative estimate of drug-likeness (QED) is 0.799. The van der Waals surface area contributed by atoms with Gasteiger partial charge in [-0.15, -0.1) is 0 Å². The highest BCUT2D eigenvalue weighted by Gasteiger charge is 2.32. The van der Waals surface area contributed by atoms with Gasteiger partial charge in [0, 0.05) is 44.8 Å². The molecule has 2 aliphatic rings. The van der Waals surface area contributed by atoms with Crippen LogP contribution in [0.25, 0.3) is 0 Å². The van der Waals surface area contributed by atoms with Crippen LogP contribution in [0, 0.1) is 0 Å². The van der Waals surface area contributed by atoms with Crippen molar-refractivity contribution in [1.82, 2.24) is 14.6 Å². The summed E-state index contributed by atoms with van der Waals surface area (Å²) >= 11 is 0. The maximum atomic E-state index is 13.2. The van der Waals surface area contributed by atoms with Gasteiger partial charge in [-0.05, 0) is 44.2 Å². The van der Waals surface area contributed by atoms with Gasteiger partial charge in [0.1, 0.15) is 10.7 Å². The number of carbonyl (C=O) groups excluding carboxylic acids is 1. The van der Waals surface area contributed by atoms with E-state index < -0.39 is 10.0 Å². The van der Waals surface area contributed by atoms with Crippen LogP contribution in [0.1, 0.15) is 51.9 Å². The maximum Gasteiger partial charge on any atom is 0.246 e. The molecule has 150 valence electrons. The minimum absolute atomic E-state index is 0.0327. The van der Waals surface area contributed by atoms with Crippen molar-refractivity contribution < 1.29 is 13.2 Å². The molecule has 2 saturated heterocycles. The summed E-state index contributed by atoms with van der Waals surface area (Å²) in [7, 11) is -3.55. The molecule has 1 unspecified atom stereocenters. The largest absolute Gasteiger partial charge is 0.353 e. The molecule has 1 aromatic rings. The highest BCUT2D eigenvalue weighted by molar-refractivity contribution is 7.89. The Bertz CT molecular complexity index is 747. The van der Waals surface area contributed by atoms with Crippen molar-refractivity contribution in [3.63, 3.8) is 0 Å². The molecule has 0 bridgehead atoms. The van der Waals surface area contributed by atoms with Gasteiger partial charge in [-0.2, -0.15) is 4.31 Å². The third-order valence-electron chi connectivity index (χ3n) is 5.25. The number of aromatic nitrogens is 1. The van der Waals surface area contributed by atoms with E-state index >= 15 is 0 Å². The molecule has 8 heteroatoms. The number of hydrogen-bond donors (Lipinski definition) is 1. The minimum Gasteiger partial charge on any atom is -0.353 e. The van der Waals surface area contributed by atoms with Crippen molar-refractivity contribution in [3.8, 4) is 0 Å². The Morgan fingerprint density at radius 1 is 1.22 bits per heavy atom.